The first-order valence-corrected chi connectivity index (χ1v) is 21.5. The average molecular weight is 803 g/mol. The van der Waals surface area contributed by atoms with Gasteiger partial charge < -0.3 is 29.7 Å². The third kappa shape index (κ3) is 8.89. The molecular formula is C42H62N10O6. The summed E-state index contributed by atoms with van der Waals surface area (Å²) in [6, 6.07) is 3.58. The van der Waals surface area contributed by atoms with E-state index in [-0.39, 0.29) is 29.1 Å². The summed E-state index contributed by atoms with van der Waals surface area (Å²) < 4.78 is 13.9. The number of anilines is 1. The Morgan fingerprint density at radius 1 is 0.603 bits per heavy atom. The van der Waals surface area contributed by atoms with Crippen molar-refractivity contribution in [2.45, 2.75) is 25.9 Å². The minimum Gasteiger partial charge on any atom is -0.494 e. The van der Waals surface area contributed by atoms with Crippen LogP contribution in [0.2, 0.25) is 0 Å². The number of pyridine rings is 2. The fourth-order valence-corrected chi connectivity index (χ4v) is 9.12. The normalized spacial score (nSPS) is 20.7. The molecule has 2 N–H and O–H groups in total. The fraction of sp³-hybridized carbons (Fsp3) is 0.667. The van der Waals surface area contributed by atoms with Crippen LogP contribution in [0.5, 0.6) is 5.88 Å². The summed E-state index contributed by atoms with van der Waals surface area (Å²) in [6.07, 6.45) is 1.61. The van der Waals surface area contributed by atoms with E-state index in [9.17, 15) is 19.5 Å². The van der Waals surface area contributed by atoms with Crippen LogP contribution in [0.15, 0.2) is 31.5 Å². The molecule has 1 aromatic carbocycles. The summed E-state index contributed by atoms with van der Waals surface area (Å²) in [7, 11) is 4.22. The number of ether oxygens (including phenoxy) is 2. The number of nitrogens with zero attached hydrogens (tertiary/aromatic N) is 9. The molecule has 0 amide bonds. The van der Waals surface area contributed by atoms with Crippen LogP contribution >= 0.6 is 0 Å². The van der Waals surface area contributed by atoms with E-state index in [1.807, 2.05) is 6.07 Å². The molecule has 16 heteroatoms. The molecule has 4 fully saturated rings. The first kappa shape index (κ1) is 41.0. The van der Waals surface area contributed by atoms with Crippen molar-refractivity contribution >= 4 is 27.2 Å². The molecule has 316 valence electrons. The van der Waals surface area contributed by atoms with Gasteiger partial charge in [0.05, 0.1) is 48.1 Å². The second-order valence-electron chi connectivity index (χ2n) is 16.7. The predicted molar refractivity (Wildman–Crippen MR) is 227 cm³/mol. The third-order valence-corrected chi connectivity index (χ3v) is 12.8. The van der Waals surface area contributed by atoms with E-state index >= 15 is 0 Å². The van der Waals surface area contributed by atoms with Gasteiger partial charge in [-0.3, -0.25) is 48.1 Å². The Bertz CT molecular complexity index is 2200. The summed E-state index contributed by atoms with van der Waals surface area (Å²) in [5, 5.41) is 17.7. The van der Waals surface area contributed by atoms with Crippen molar-refractivity contribution in [3.63, 3.8) is 0 Å². The number of piperazine rings is 2. The van der Waals surface area contributed by atoms with Crippen LogP contribution in [0.4, 0.5) is 5.69 Å². The number of morpholine rings is 2. The summed E-state index contributed by atoms with van der Waals surface area (Å²) in [6.45, 7) is 18.2. The predicted octanol–water partition coefficient (Wildman–Crippen LogP) is -0.385. The lowest BCUT2D eigenvalue weighted by atomic mass is 9.89. The number of hydrogen-bond donors (Lipinski definition) is 2. The molecule has 0 bridgehead atoms. The first-order valence-electron chi connectivity index (χ1n) is 21.5. The molecule has 0 saturated carbocycles. The van der Waals surface area contributed by atoms with E-state index in [4.69, 9.17) is 14.5 Å². The molecule has 0 unspecified atom stereocenters. The van der Waals surface area contributed by atoms with Gasteiger partial charge in [0.25, 0.3) is 16.7 Å². The highest BCUT2D eigenvalue weighted by Gasteiger charge is 2.30. The number of benzene rings is 2. The number of hydrogen-bond acceptors (Lipinski definition) is 14. The second kappa shape index (κ2) is 18.7. The Labute approximate surface area is 339 Å². The highest BCUT2D eigenvalue weighted by Crippen LogP contribution is 2.40. The average Bonchev–Trinajstić information content (AvgIpc) is 3.24. The van der Waals surface area contributed by atoms with Gasteiger partial charge in [-0.05, 0) is 45.6 Å². The van der Waals surface area contributed by atoms with Gasteiger partial charge in [0.15, 0.2) is 0 Å². The van der Waals surface area contributed by atoms with Crippen LogP contribution in [0, 0.1) is 0 Å². The number of aromatic hydroxyl groups is 1. The molecule has 5 aliphatic heterocycles. The van der Waals surface area contributed by atoms with Gasteiger partial charge in [-0.15, -0.1) is 0 Å². The highest BCUT2D eigenvalue weighted by atomic mass is 16.5. The Balaban J connectivity index is 1.24. The molecule has 0 radical (unpaired) electrons. The van der Waals surface area contributed by atoms with E-state index in [0.717, 1.165) is 131 Å². The van der Waals surface area contributed by atoms with E-state index in [1.54, 1.807) is 6.07 Å². The molecule has 2 aromatic rings. The molecule has 0 spiro atoms. The van der Waals surface area contributed by atoms with Gasteiger partial charge in [-0.1, -0.05) is 0 Å². The van der Waals surface area contributed by atoms with Crippen LogP contribution in [-0.4, -0.2) is 202 Å². The largest absolute Gasteiger partial charge is 0.494 e. The van der Waals surface area contributed by atoms with Gasteiger partial charge in [0.1, 0.15) is 0 Å². The first-order chi connectivity index (χ1) is 28.3. The molecule has 0 atom stereocenters. The topological polar surface area (TPSA) is 144 Å². The van der Waals surface area contributed by atoms with Crippen molar-refractivity contribution in [3.8, 4) is 17.0 Å². The van der Waals surface area contributed by atoms with Gasteiger partial charge in [0.2, 0.25) is 5.88 Å². The molecule has 6 heterocycles. The zero-order valence-corrected chi connectivity index (χ0v) is 34.6. The molecule has 8 rings (SSSR count). The van der Waals surface area contributed by atoms with Crippen LogP contribution in [-0.2, 0) is 22.6 Å². The lowest BCUT2D eigenvalue weighted by Crippen LogP contribution is -2.47. The molecule has 1 aliphatic carbocycles. The molecule has 1 aromatic heterocycles. The van der Waals surface area contributed by atoms with E-state index in [2.05, 4.69) is 48.8 Å². The van der Waals surface area contributed by atoms with Crippen molar-refractivity contribution in [3.05, 3.63) is 48.6 Å². The van der Waals surface area contributed by atoms with Gasteiger partial charge in [-0.25, -0.2) is 0 Å². The molecule has 16 nitrogen and oxygen atoms in total. The van der Waals surface area contributed by atoms with Crippen LogP contribution in [0.1, 0.15) is 12.8 Å². The maximum absolute atomic E-state index is 14.8. The highest BCUT2D eigenvalue weighted by molar-refractivity contribution is 6.18. The monoisotopic (exact) mass is 802 g/mol. The van der Waals surface area contributed by atoms with Crippen molar-refractivity contribution in [2.24, 2.45) is 4.99 Å². The van der Waals surface area contributed by atoms with Crippen molar-refractivity contribution in [1.82, 2.24) is 38.5 Å². The lowest BCUT2D eigenvalue weighted by molar-refractivity contribution is 0.0377. The quantitative estimate of drug-likeness (QED) is 0.119. The van der Waals surface area contributed by atoms with Crippen molar-refractivity contribution in [2.75, 3.05) is 164 Å². The Morgan fingerprint density at radius 3 is 1.74 bits per heavy atom. The van der Waals surface area contributed by atoms with Gasteiger partial charge >= 0.3 is 0 Å². The number of nitrogens with one attached hydrogen (secondary N) is 1. The zero-order chi connectivity index (χ0) is 40.2. The molecule has 6 aliphatic rings. The standard InChI is InChI=1S/C42H62N10O6/c1-45-9-13-49(14-10-45)17-19-51-39(53)31-29-34(44-6-4-8-48-23-27-58-28-24-48)38-36-32(40(54)52(42(38)56)20-18-50-15-11-46(2)12-16-50)30-33(37(35(31)36)41(51)55)43-5-3-7-47-21-25-57-26-22-47/h29-30,43,54H,3-28H2,1-2H3. The second-order valence-corrected chi connectivity index (χ2v) is 16.7. The summed E-state index contributed by atoms with van der Waals surface area (Å²) >= 11 is 0. The van der Waals surface area contributed by atoms with E-state index < -0.39 is 0 Å². The number of rotatable bonds is 15. The Morgan fingerprint density at radius 2 is 1.14 bits per heavy atom. The zero-order valence-electron chi connectivity index (χ0n) is 34.6. The van der Waals surface area contributed by atoms with Gasteiger partial charge in [-0.2, -0.15) is 0 Å². The van der Waals surface area contributed by atoms with Gasteiger partial charge in [0, 0.05) is 146 Å². The van der Waals surface area contributed by atoms with E-state index in [0.29, 0.717) is 76.4 Å². The summed E-state index contributed by atoms with van der Waals surface area (Å²) in [4.78, 5) is 63.1. The fourth-order valence-electron chi connectivity index (χ4n) is 9.12. The van der Waals surface area contributed by atoms with E-state index in [1.165, 1.54) is 9.13 Å². The Hall–Kier alpha value is -3.74. The maximum atomic E-state index is 14.8. The molecular weight excluding hydrogens is 741 g/mol. The van der Waals surface area contributed by atoms with Crippen LogP contribution < -0.4 is 27.4 Å². The SMILES string of the molecule is CN1CCN(CCn2c(O)c3cc(NCCCN4CCOCC4)c4c5c3c(c(=NCCCN3CCOCC3)cc-5c(=O)n(CCN3CCN(C)CC3)c4=O)c2=O)CC1. The molecule has 58 heavy (non-hydrogen) atoms. The summed E-state index contributed by atoms with van der Waals surface area (Å²) in [5.41, 5.74) is 0.228. The van der Waals surface area contributed by atoms with Crippen LogP contribution in [0.3, 0.4) is 0 Å². The minimum absolute atomic E-state index is 0.151. The smallest absolute Gasteiger partial charge is 0.263 e. The van der Waals surface area contributed by atoms with Crippen molar-refractivity contribution in [1.29, 1.82) is 0 Å². The third-order valence-electron chi connectivity index (χ3n) is 12.8. The number of likely N-dealkylation sites (N-methyl/N-ethyl adjacent to an activating group) is 2. The summed E-state index contributed by atoms with van der Waals surface area (Å²) in [5.74, 6) is -0.151. The lowest BCUT2D eigenvalue weighted by Gasteiger charge is -2.32. The van der Waals surface area contributed by atoms with Crippen molar-refractivity contribution < 1.29 is 14.6 Å². The minimum atomic E-state index is -0.386. The molecule has 4 saturated heterocycles. The van der Waals surface area contributed by atoms with Crippen LogP contribution in [0.25, 0.3) is 32.7 Å². The Kier molecular flexibility index (Phi) is 13.2. The number of aromatic nitrogens is 2. The maximum Gasteiger partial charge on any atom is 0.263 e.